The van der Waals surface area contributed by atoms with Crippen LogP contribution in [0.3, 0.4) is 0 Å². The van der Waals surface area contributed by atoms with Crippen molar-refractivity contribution in [2.45, 2.75) is 18.9 Å². The van der Waals surface area contributed by atoms with Gasteiger partial charge in [0.1, 0.15) is 0 Å². The van der Waals surface area contributed by atoms with Crippen molar-refractivity contribution in [3.05, 3.63) is 35.9 Å². The van der Waals surface area contributed by atoms with Gasteiger partial charge in [-0.25, -0.2) is 0 Å². The van der Waals surface area contributed by atoms with Gasteiger partial charge in [0.25, 0.3) is 0 Å². The number of rotatable bonds is 4. The first-order valence-corrected chi connectivity index (χ1v) is 6.68. The average molecular weight is 276 g/mol. The molecular weight excluding hydrogens is 256 g/mol. The molecule has 1 heterocycles. The Morgan fingerprint density at radius 2 is 2.10 bits per heavy atom. The fraction of sp³-hybridized carbons (Fsp3) is 0.467. The molecule has 1 aliphatic rings. The fourth-order valence-electron chi connectivity index (χ4n) is 2.42. The zero-order valence-corrected chi connectivity index (χ0v) is 11.8. The maximum atomic E-state index is 12.3. The topological polar surface area (TPSA) is 69.6 Å². The number of benzene rings is 1. The molecule has 5 nitrogen and oxygen atoms in total. The van der Waals surface area contributed by atoms with Crippen LogP contribution in [-0.2, 0) is 15.1 Å². The first-order chi connectivity index (χ1) is 9.46. The van der Waals surface area contributed by atoms with E-state index in [1.165, 1.54) is 0 Å². The van der Waals surface area contributed by atoms with Crippen molar-refractivity contribution >= 4 is 11.8 Å². The first-order valence-electron chi connectivity index (χ1n) is 6.68. The molecule has 0 spiro atoms. The van der Waals surface area contributed by atoms with Crippen LogP contribution in [0.5, 0.6) is 0 Å². The lowest BCUT2D eigenvalue weighted by Gasteiger charge is -2.30. The molecule has 108 valence electrons. The summed E-state index contributed by atoms with van der Waals surface area (Å²) in [7, 11) is 1.69. The minimum Gasteiger partial charge on any atom is -0.394 e. The normalized spacial score (nSPS) is 21.6. The SMILES string of the molecule is CN1CC(C(=O)NC(C)(CO)c2ccccc2)CC1=O. The fourth-order valence-corrected chi connectivity index (χ4v) is 2.42. The van der Waals surface area contributed by atoms with Gasteiger partial charge < -0.3 is 15.3 Å². The van der Waals surface area contributed by atoms with Crippen LogP contribution < -0.4 is 5.32 Å². The largest absolute Gasteiger partial charge is 0.394 e. The molecule has 1 aromatic rings. The lowest BCUT2D eigenvalue weighted by atomic mass is 9.92. The number of likely N-dealkylation sites (tertiary alicyclic amines) is 1. The molecule has 20 heavy (non-hydrogen) atoms. The second kappa shape index (κ2) is 5.63. The molecule has 1 aromatic carbocycles. The molecule has 2 N–H and O–H groups in total. The van der Waals surface area contributed by atoms with Gasteiger partial charge in [-0.05, 0) is 12.5 Å². The minimum atomic E-state index is -0.831. The number of hydrogen-bond acceptors (Lipinski definition) is 3. The molecular formula is C15H20N2O3. The van der Waals surface area contributed by atoms with Crippen molar-refractivity contribution in [1.29, 1.82) is 0 Å². The zero-order valence-electron chi connectivity index (χ0n) is 11.8. The van der Waals surface area contributed by atoms with Crippen LogP contribution >= 0.6 is 0 Å². The van der Waals surface area contributed by atoms with Crippen molar-refractivity contribution in [1.82, 2.24) is 10.2 Å². The van der Waals surface area contributed by atoms with E-state index in [0.717, 1.165) is 5.56 Å². The van der Waals surface area contributed by atoms with Crippen molar-refractivity contribution < 1.29 is 14.7 Å². The van der Waals surface area contributed by atoms with Crippen molar-refractivity contribution in [3.63, 3.8) is 0 Å². The van der Waals surface area contributed by atoms with E-state index >= 15 is 0 Å². The van der Waals surface area contributed by atoms with Crippen molar-refractivity contribution in [2.75, 3.05) is 20.2 Å². The van der Waals surface area contributed by atoms with Gasteiger partial charge in [-0.1, -0.05) is 30.3 Å². The summed E-state index contributed by atoms with van der Waals surface area (Å²) in [5.74, 6) is -0.555. The van der Waals surface area contributed by atoms with Crippen molar-refractivity contribution in [2.24, 2.45) is 5.92 Å². The van der Waals surface area contributed by atoms with Crippen molar-refractivity contribution in [3.8, 4) is 0 Å². The number of aliphatic hydroxyl groups excluding tert-OH is 1. The molecule has 5 heteroatoms. The third-order valence-electron chi connectivity index (χ3n) is 3.84. The van der Waals surface area contributed by atoms with Gasteiger partial charge in [0, 0.05) is 20.0 Å². The summed E-state index contributed by atoms with van der Waals surface area (Å²) in [6, 6.07) is 9.34. The Bertz CT molecular complexity index is 503. The van der Waals surface area contributed by atoms with Gasteiger partial charge >= 0.3 is 0 Å². The van der Waals surface area contributed by atoms with E-state index in [-0.39, 0.29) is 30.8 Å². The lowest BCUT2D eigenvalue weighted by molar-refractivity contribution is -0.129. The smallest absolute Gasteiger partial charge is 0.226 e. The Kier molecular flexibility index (Phi) is 4.09. The van der Waals surface area contributed by atoms with Gasteiger partial charge in [0.2, 0.25) is 11.8 Å². The number of hydrogen-bond donors (Lipinski definition) is 2. The van der Waals surface area contributed by atoms with E-state index in [1.807, 2.05) is 30.3 Å². The molecule has 2 rings (SSSR count). The molecule has 1 fully saturated rings. The summed E-state index contributed by atoms with van der Waals surface area (Å²) in [5, 5.41) is 12.5. The first kappa shape index (κ1) is 14.5. The number of amides is 2. The highest BCUT2D eigenvalue weighted by atomic mass is 16.3. The number of nitrogens with zero attached hydrogens (tertiary/aromatic N) is 1. The van der Waals surface area contributed by atoms with Crippen LogP contribution in [0.15, 0.2) is 30.3 Å². The van der Waals surface area contributed by atoms with Gasteiger partial charge in [-0.15, -0.1) is 0 Å². The molecule has 2 unspecified atom stereocenters. The maximum Gasteiger partial charge on any atom is 0.226 e. The summed E-state index contributed by atoms with van der Waals surface area (Å²) in [4.78, 5) is 25.3. The highest BCUT2D eigenvalue weighted by molar-refractivity contribution is 5.89. The van der Waals surface area contributed by atoms with E-state index in [0.29, 0.717) is 6.54 Å². The Balaban J connectivity index is 2.11. The minimum absolute atomic E-state index is 0.0180. The van der Waals surface area contributed by atoms with E-state index in [9.17, 15) is 14.7 Å². The van der Waals surface area contributed by atoms with Gasteiger partial charge in [-0.3, -0.25) is 9.59 Å². The Morgan fingerprint density at radius 1 is 1.45 bits per heavy atom. The monoisotopic (exact) mass is 276 g/mol. The van der Waals surface area contributed by atoms with Gasteiger partial charge in [0.15, 0.2) is 0 Å². The lowest BCUT2D eigenvalue weighted by Crippen LogP contribution is -2.48. The van der Waals surface area contributed by atoms with Crippen LogP contribution in [0.1, 0.15) is 18.9 Å². The second-order valence-corrected chi connectivity index (χ2v) is 5.52. The molecule has 0 aromatic heterocycles. The second-order valence-electron chi connectivity index (χ2n) is 5.52. The molecule has 0 radical (unpaired) electrons. The number of nitrogens with one attached hydrogen (secondary N) is 1. The highest BCUT2D eigenvalue weighted by Gasteiger charge is 2.36. The Labute approximate surface area is 118 Å². The quantitative estimate of drug-likeness (QED) is 0.841. The Hall–Kier alpha value is -1.88. The maximum absolute atomic E-state index is 12.3. The van der Waals surface area contributed by atoms with E-state index in [2.05, 4.69) is 5.32 Å². The standard InChI is InChI=1S/C15H20N2O3/c1-15(10-18,12-6-4-3-5-7-12)16-14(20)11-8-13(19)17(2)9-11/h3-7,11,18H,8-10H2,1-2H3,(H,16,20). The summed E-state index contributed by atoms with van der Waals surface area (Å²) < 4.78 is 0. The van der Waals surface area contributed by atoms with E-state index in [4.69, 9.17) is 0 Å². The third-order valence-corrected chi connectivity index (χ3v) is 3.84. The number of carbonyl (C=O) groups is 2. The molecule has 2 atom stereocenters. The Morgan fingerprint density at radius 3 is 2.60 bits per heavy atom. The van der Waals surface area contributed by atoms with Crippen LogP contribution in [0.4, 0.5) is 0 Å². The number of aliphatic hydroxyl groups is 1. The molecule has 0 saturated carbocycles. The molecule has 1 saturated heterocycles. The van der Waals surface area contributed by atoms with Crippen LogP contribution in [0.25, 0.3) is 0 Å². The highest BCUT2D eigenvalue weighted by Crippen LogP contribution is 2.23. The van der Waals surface area contributed by atoms with Gasteiger partial charge in [-0.2, -0.15) is 0 Å². The molecule has 0 bridgehead atoms. The average Bonchev–Trinajstić information content (AvgIpc) is 2.79. The summed E-state index contributed by atoms with van der Waals surface area (Å²) in [6.07, 6.45) is 0.235. The van der Waals surface area contributed by atoms with E-state index < -0.39 is 5.54 Å². The van der Waals surface area contributed by atoms with Crippen LogP contribution in [-0.4, -0.2) is 42.0 Å². The molecule has 1 aliphatic heterocycles. The van der Waals surface area contributed by atoms with Crippen LogP contribution in [0, 0.1) is 5.92 Å². The summed E-state index contributed by atoms with van der Waals surface area (Å²) in [6.45, 7) is 2.01. The summed E-state index contributed by atoms with van der Waals surface area (Å²) >= 11 is 0. The third kappa shape index (κ3) is 2.82. The predicted octanol–water partition coefficient (Wildman–Crippen LogP) is 0.489. The zero-order chi connectivity index (χ0) is 14.8. The van der Waals surface area contributed by atoms with E-state index in [1.54, 1.807) is 18.9 Å². The molecule has 2 amide bonds. The predicted molar refractivity (Wildman–Crippen MR) is 74.8 cm³/mol. The van der Waals surface area contributed by atoms with Crippen LogP contribution in [0.2, 0.25) is 0 Å². The molecule has 0 aliphatic carbocycles. The van der Waals surface area contributed by atoms with Gasteiger partial charge in [0.05, 0.1) is 18.1 Å². The summed E-state index contributed by atoms with van der Waals surface area (Å²) in [5.41, 5.74) is 0.0104. The number of carbonyl (C=O) groups excluding carboxylic acids is 2.